The quantitative estimate of drug-likeness (QED) is 0.141. The van der Waals surface area contributed by atoms with Crippen LogP contribution in [-0.4, -0.2) is 43.7 Å². The average Bonchev–Trinajstić information content (AvgIpc) is 2.74. The van der Waals surface area contributed by atoms with Crippen LogP contribution in [0.2, 0.25) is 0 Å². The molecule has 0 aliphatic rings. The van der Waals surface area contributed by atoms with Gasteiger partial charge < -0.3 is 20.7 Å². The fourth-order valence-electron chi connectivity index (χ4n) is 3.23. The number of allylic oxidation sites excluding steroid dienone is 1. The van der Waals surface area contributed by atoms with Gasteiger partial charge >= 0.3 is 17.9 Å². The van der Waals surface area contributed by atoms with Gasteiger partial charge in [0.05, 0.1) is 6.61 Å². The van der Waals surface area contributed by atoms with E-state index in [0.717, 1.165) is 18.4 Å². The molecule has 4 N–H and O–H groups in total. The van der Waals surface area contributed by atoms with Crippen molar-refractivity contribution in [3.05, 3.63) is 47.6 Å². The zero-order valence-electron chi connectivity index (χ0n) is 20.6. The molecule has 2 rings (SSSR count). The largest absolute Gasteiger partial charge is 0.477 e. The zero-order valence-corrected chi connectivity index (χ0v) is 20.6. The molecule has 0 amide bonds. The molecule has 2 aromatic rings. The Kier molecular flexibility index (Phi) is 12.3. The molecule has 9 nitrogen and oxygen atoms in total. The molecule has 9 heteroatoms. The Labute approximate surface area is 201 Å². The van der Waals surface area contributed by atoms with Crippen molar-refractivity contribution in [3.8, 4) is 6.01 Å². The summed E-state index contributed by atoms with van der Waals surface area (Å²) in [6.45, 7) is 10.8. The first-order valence-electron chi connectivity index (χ1n) is 11.4. The van der Waals surface area contributed by atoms with Crippen LogP contribution in [0.15, 0.2) is 36.4 Å². The SMILES string of the molecule is CC(C)CC(=C(C(=O)O)C(=O)O)c1ccc(N)cc1CC(C)C.CCCCOc1ncncn1. The predicted molar refractivity (Wildman–Crippen MR) is 131 cm³/mol. The Morgan fingerprint density at radius 3 is 2.15 bits per heavy atom. The van der Waals surface area contributed by atoms with E-state index in [1.54, 1.807) is 18.2 Å². The second-order valence-electron chi connectivity index (χ2n) is 8.70. The van der Waals surface area contributed by atoms with Gasteiger partial charge in [0.25, 0.3) is 0 Å². The average molecular weight is 473 g/mol. The van der Waals surface area contributed by atoms with Crippen molar-refractivity contribution in [3.63, 3.8) is 0 Å². The van der Waals surface area contributed by atoms with Gasteiger partial charge in [-0.1, -0.05) is 47.1 Å². The van der Waals surface area contributed by atoms with Gasteiger partial charge in [0.15, 0.2) is 0 Å². The summed E-state index contributed by atoms with van der Waals surface area (Å²) in [6, 6.07) is 5.63. The normalized spacial score (nSPS) is 10.4. The number of nitrogens with zero attached hydrogens (tertiary/aromatic N) is 3. The molecule has 0 aliphatic carbocycles. The molecule has 0 atom stereocenters. The van der Waals surface area contributed by atoms with Crippen LogP contribution >= 0.6 is 0 Å². The maximum atomic E-state index is 11.5. The lowest BCUT2D eigenvalue weighted by molar-refractivity contribution is -0.140. The number of hydrogen-bond acceptors (Lipinski definition) is 7. The van der Waals surface area contributed by atoms with Crippen LogP contribution in [0.4, 0.5) is 5.69 Å². The van der Waals surface area contributed by atoms with Crippen molar-refractivity contribution >= 4 is 23.2 Å². The van der Waals surface area contributed by atoms with Crippen LogP contribution in [0.25, 0.3) is 5.57 Å². The molecule has 186 valence electrons. The van der Waals surface area contributed by atoms with E-state index in [9.17, 15) is 19.8 Å². The predicted octanol–water partition coefficient (Wildman–Crippen LogP) is 4.49. The van der Waals surface area contributed by atoms with Crippen LogP contribution in [0.5, 0.6) is 6.01 Å². The summed E-state index contributed by atoms with van der Waals surface area (Å²) in [5.41, 5.74) is 7.78. The fourth-order valence-corrected chi connectivity index (χ4v) is 3.23. The molecule has 1 heterocycles. The van der Waals surface area contributed by atoms with Crippen LogP contribution in [0.1, 0.15) is 65.0 Å². The molecular formula is C25H36N4O5. The van der Waals surface area contributed by atoms with Gasteiger partial charge in [-0.2, -0.15) is 9.97 Å². The molecular weight excluding hydrogens is 436 g/mol. The molecule has 0 unspecified atom stereocenters. The van der Waals surface area contributed by atoms with Gasteiger partial charge in [-0.3, -0.25) is 0 Å². The summed E-state index contributed by atoms with van der Waals surface area (Å²) < 4.78 is 5.18. The van der Waals surface area contributed by atoms with Gasteiger partial charge in [0.2, 0.25) is 0 Å². The minimum absolute atomic E-state index is 0.128. The minimum Gasteiger partial charge on any atom is -0.477 e. The van der Waals surface area contributed by atoms with Crippen LogP contribution in [0.3, 0.4) is 0 Å². The number of nitrogens with two attached hydrogens (primary N) is 1. The fraction of sp³-hybridized carbons (Fsp3) is 0.480. The molecule has 1 aromatic heterocycles. The summed E-state index contributed by atoms with van der Waals surface area (Å²) in [5.74, 6) is -2.36. The van der Waals surface area contributed by atoms with E-state index < -0.39 is 17.5 Å². The molecule has 0 spiro atoms. The lowest BCUT2D eigenvalue weighted by Crippen LogP contribution is -2.16. The summed E-state index contributed by atoms with van der Waals surface area (Å²) in [7, 11) is 0. The Morgan fingerprint density at radius 2 is 1.65 bits per heavy atom. The summed E-state index contributed by atoms with van der Waals surface area (Å²) in [4.78, 5) is 34.2. The molecule has 1 aromatic carbocycles. The van der Waals surface area contributed by atoms with Gasteiger partial charge in [-0.15, -0.1) is 0 Å². The van der Waals surface area contributed by atoms with E-state index in [1.165, 1.54) is 12.7 Å². The van der Waals surface area contributed by atoms with Crippen molar-refractivity contribution in [2.45, 2.75) is 60.3 Å². The monoisotopic (exact) mass is 472 g/mol. The number of nitrogen functional groups attached to an aromatic ring is 1. The number of aliphatic carboxylic acids is 2. The first-order valence-corrected chi connectivity index (χ1v) is 11.4. The number of hydrogen-bond donors (Lipinski definition) is 3. The third kappa shape index (κ3) is 9.97. The van der Waals surface area contributed by atoms with E-state index in [4.69, 9.17) is 10.5 Å². The van der Waals surface area contributed by atoms with Crippen molar-refractivity contribution in [2.24, 2.45) is 11.8 Å². The molecule has 0 saturated carbocycles. The van der Waals surface area contributed by atoms with Gasteiger partial charge in [0.1, 0.15) is 18.2 Å². The highest BCUT2D eigenvalue weighted by molar-refractivity contribution is 6.18. The number of carbonyl (C=O) groups is 2. The first kappa shape index (κ1) is 28.5. The number of aromatic nitrogens is 3. The lowest BCUT2D eigenvalue weighted by atomic mass is 9.86. The summed E-state index contributed by atoms with van der Waals surface area (Å²) >= 11 is 0. The van der Waals surface area contributed by atoms with Crippen molar-refractivity contribution in [1.29, 1.82) is 0 Å². The Bertz CT molecular complexity index is 943. The second kappa shape index (κ2) is 14.6. The smallest absolute Gasteiger partial charge is 0.343 e. The standard InChI is InChI=1S/C18H25NO4.C7H11N3O/c1-10(2)7-12-9-13(19)5-6-14(12)15(8-11(3)4)16(17(20)21)18(22)23;1-2-3-4-11-7-9-5-8-6-10-7/h5-6,9-11H,7-8,19H2,1-4H3,(H,20,21)(H,22,23);5-6H,2-4H2,1H3. The molecule has 34 heavy (non-hydrogen) atoms. The molecule has 0 aliphatic heterocycles. The van der Waals surface area contributed by atoms with Crippen molar-refractivity contribution < 1.29 is 24.5 Å². The third-order valence-electron chi connectivity index (χ3n) is 4.62. The zero-order chi connectivity index (χ0) is 25.7. The first-order chi connectivity index (χ1) is 16.1. The maximum Gasteiger partial charge on any atom is 0.343 e. The Morgan fingerprint density at radius 1 is 1.03 bits per heavy atom. The Hall–Kier alpha value is -3.49. The molecule has 0 bridgehead atoms. The summed E-state index contributed by atoms with van der Waals surface area (Å²) in [6.07, 6.45) is 6.08. The maximum absolute atomic E-state index is 11.5. The van der Waals surface area contributed by atoms with Gasteiger partial charge in [-0.25, -0.2) is 14.6 Å². The minimum atomic E-state index is -1.42. The van der Waals surface area contributed by atoms with Crippen molar-refractivity contribution in [1.82, 2.24) is 15.0 Å². The number of ether oxygens (including phenoxy) is 1. The Balaban J connectivity index is 0.000000437. The second-order valence-corrected chi connectivity index (χ2v) is 8.70. The van der Waals surface area contributed by atoms with E-state index >= 15 is 0 Å². The van der Waals surface area contributed by atoms with Crippen LogP contribution in [0, 0.1) is 11.8 Å². The number of rotatable bonds is 11. The lowest BCUT2D eigenvalue weighted by Gasteiger charge is -2.18. The highest BCUT2D eigenvalue weighted by atomic mass is 16.5. The molecule has 0 fully saturated rings. The van der Waals surface area contributed by atoms with E-state index in [-0.39, 0.29) is 5.92 Å². The number of benzene rings is 1. The number of carboxylic acid groups (broad SMARTS) is 2. The highest BCUT2D eigenvalue weighted by Crippen LogP contribution is 2.31. The van der Waals surface area contributed by atoms with Crippen molar-refractivity contribution in [2.75, 3.05) is 12.3 Å². The summed E-state index contributed by atoms with van der Waals surface area (Å²) in [5, 5.41) is 18.7. The van der Waals surface area contributed by atoms with Gasteiger partial charge in [0, 0.05) is 5.69 Å². The van der Waals surface area contributed by atoms with E-state index in [2.05, 4.69) is 21.9 Å². The third-order valence-corrected chi connectivity index (χ3v) is 4.62. The number of unbranched alkanes of at least 4 members (excludes halogenated alkanes) is 1. The van der Waals surface area contributed by atoms with E-state index in [0.29, 0.717) is 48.2 Å². The topological polar surface area (TPSA) is 149 Å². The highest BCUT2D eigenvalue weighted by Gasteiger charge is 2.25. The number of carboxylic acids is 2. The van der Waals surface area contributed by atoms with Gasteiger partial charge in [-0.05, 0) is 59.9 Å². The number of anilines is 1. The molecule has 0 saturated heterocycles. The van der Waals surface area contributed by atoms with Crippen LogP contribution in [-0.2, 0) is 16.0 Å². The van der Waals surface area contributed by atoms with Crippen LogP contribution < -0.4 is 10.5 Å². The van der Waals surface area contributed by atoms with E-state index in [1.807, 2.05) is 27.7 Å². The molecule has 0 radical (unpaired) electrons.